The van der Waals surface area contributed by atoms with Crippen LogP contribution in [0.3, 0.4) is 0 Å². The Morgan fingerprint density at radius 1 is 1.50 bits per heavy atom. The lowest BCUT2D eigenvalue weighted by Gasteiger charge is -2.20. The van der Waals surface area contributed by atoms with Crippen molar-refractivity contribution in [3.05, 3.63) is 28.3 Å². The molecule has 0 spiro atoms. The summed E-state index contributed by atoms with van der Waals surface area (Å²) in [5.74, 6) is 0.705. The highest BCUT2D eigenvalue weighted by atomic mass is 16.6. The molecule has 7 heteroatoms. The van der Waals surface area contributed by atoms with Crippen LogP contribution in [0.5, 0.6) is 11.5 Å². The summed E-state index contributed by atoms with van der Waals surface area (Å²) >= 11 is 0. The first-order chi connectivity index (χ1) is 9.45. The monoisotopic (exact) mass is 279 g/mol. The second-order valence-corrected chi connectivity index (χ2v) is 4.38. The smallest absolute Gasteiger partial charge is 0.273 e. The van der Waals surface area contributed by atoms with Gasteiger partial charge in [-0.3, -0.25) is 10.1 Å². The van der Waals surface area contributed by atoms with E-state index >= 15 is 0 Å². The van der Waals surface area contributed by atoms with E-state index in [1.807, 2.05) is 0 Å². The van der Waals surface area contributed by atoms with E-state index in [0.29, 0.717) is 24.5 Å². The summed E-state index contributed by atoms with van der Waals surface area (Å²) < 4.78 is 10.6. The maximum absolute atomic E-state index is 10.7. The fourth-order valence-corrected chi connectivity index (χ4v) is 1.49. The van der Waals surface area contributed by atoms with Crippen molar-refractivity contribution in [1.82, 2.24) is 5.32 Å². The molecule has 0 radical (unpaired) electrons. The summed E-state index contributed by atoms with van der Waals surface area (Å²) in [5.41, 5.74) is -0.736. The molecule has 20 heavy (non-hydrogen) atoms. The minimum Gasteiger partial charge on any atom is -0.493 e. The van der Waals surface area contributed by atoms with Crippen LogP contribution >= 0.6 is 0 Å². The van der Waals surface area contributed by atoms with E-state index in [0.717, 1.165) is 0 Å². The molecule has 0 saturated heterocycles. The Kier molecular flexibility index (Phi) is 5.29. The first-order valence-electron chi connectivity index (χ1n) is 6.01. The summed E-state index contributed by atoms with van der Waals surface area (Å²) in [4.78, 5) is 10.2. The van der Waals surface area contributed by atoms with Gasteiger partial charge in [0.1, 0.15) is 5.54 Å². The standard InChI is InChI=1S/C13H17N3O4/c1-13(9-14,15-2)6-7-20-11-5-4-10(16(17)18)8-12(11)19-3/h4-5,8,15H,6-7H2,1-3H3. The van der Waals surface area contributed by atoms with Crippen molar-refractivity contribution in [3.63, 3.8) is 0 Å². The van der Waals surface area contributed by atoms with Crippen LogP contribution in [0.4, 0.5) is 5.69 Å². The van der Waals surface area contributed by atoms with E-state index in [9.17, 15) is 10.1 Å². The number of nitro groups is 1. The molecule has 1 aromatic rings. The highest BCUT2D eigenvalue weighted by molar-refractivity contribution is 5.48. The van der Waals surface area contributed by atoms with Gasteiger partial charge in [0.25, 0.3) is 5.69 Å². The zero-order chi connectivity index (χ0) is 15.2. The van der Waals surface area contributed by atoms with E-state index in [2.05, 4.69) is 11.4 Å². The number of rotatable bonds is 7. The van der Waals surface area contributed by atoms with Gasteiger partial charge in [-0.25, -0.2) is 0 Å². The lowest BCUT2D eigenvalue weighted by atomic mass is 10.0. The summed E-state index contributed by atoms with van der Waals surface area (Å²) in [6.07, 6.45) is 0.472. The third kappa shape index (κ3) is 3.83. The maximum atomic E-state index is 10.7. The quantitative estimate of drug-likeness (QED) is 0.604. The van der Waals surface area contributed by atoms with Crippen molar-refractivity contribution >= 4 is 5.69 Å². The van der Waals surface area contributed by atoms with Crippen LogP contribution in [-0.2, 0) is 0 Å². The van der Waals surface area contributed by atoms with Crippen LogP contribution in [0.1, 0.15) is 13.3 Å². The molecule has 0 amide bonds. The van der Waals surface area contributed by atoms with Crippen molar-refractivity contribution < 1.29 is 14.4 Å². The second-order valence-electron chi connectivity index (χ2n) is 4.38. The number of nitrogens with one attached hydrogen (secondary N) is 1. The molecule has 0 aliphatic rings. The second kappa shape index (κ2) is 6.73. The normalized spacial score (nSPS) is 13.1. The molecule has 1 rings (SSSR count). The number of nitro benzene ring substituents is 1. The fraction of sp³-hybridized carbons (Fsp3) is 0.462. The molecule has 0 aromatic heterocycles. The van der Waals surface area contributed by atoms with Gasteiger partial charge in [-0.2, -0.15) is 5.26 Å². The molecule has 108 valence electrons. The van der Waals surface area contributed by atoms with Gasteiger partial charge in [0.2, 0.25) is 0 Å². The Labute approximate surface area is 117 Å². The lowest BCUT2D eigenvalue weighted by molar-refractivity contribution is -0.385. The minimum atomic E-state index is -0.673. The van der Waals surface area contributed by atoms with Crippen LogP contribution in [0, 0.1) is 21.4 Å². The average molecular weight is 279 g/mol. The highest BCUT2D eigenvalue weighted by Gasteiger charge is 2.21. The first kappa shape index (κ1) is 15.7. The van der Waals surface area contributed by atoms with E-state index in [1.54, 1.807) is 14.0 Å². The summed E-state index contributed by atoms with van der Waals surface area (Å²) in [6, 6.07) is 6.29. The van der Waals surface area contributed by atoms with Crippen LogP contribution in [0.25, 0.3) is 0 Å². The van der Waals surface area contributed by atoms with Crippen molar-refractivity contribution in [2.24, 2.45) is 0 Å². The molecule has 0 aliphatic heterocycles. The number of nitrogens with zero attached hydrogens (tertiary/aromatic N) is 2. The van der Waals surface area contributed by atoms with Crippen molar-refractivity contribution in [2.45, 2.75) is 18.9 Å². The zero-order valence-electron chi connectivity index (χ0n) is 11.7. The fourth-order valence-electron chi connectivity index (χ4n) is 1.49. The Balaban J connectivity index is 2.74. The molecular formula is C13H17N3O4. The van der Waals surface area contributed by atoms with Gasteiger partial charge >= 0.3 is 0 Å². The highest BCUT2D eigenvalue weighted by Crippen LogP contribution is 2.31. The van der Waals surface area contributed by atoms with Crippen LogP contribution in [-0.4, -0.2) is 31.2 Å². The topological polar surface area (TPSA) is 97.4 Å². The van der Waals surface area contributed by atoms with Crippen LogP contribution in [0.2, 0.25) is 0 Å². The number of ether oxygens (including phenoxy) is 2. The molecule has 1 unspecified atom stereocenters. The van der Waals surface area contributed by atoms with Crippen LogP contribution < -0.4 is 14.8 Å². The lowest BCUT2D eigenvalue weighted by Crippen LogP contribution is -2.39. The molecule has 0 bridgehead atoms. The number of benzene rings is 1. The van der Waals surface area contributed by atoms with Gasteiger partial charge in [-0.1, -0.05) is 0 Å². The molecule has 0 saturated carbocycles. The predicted octanol–water partition coefficient (Wildman–Crippen LogP) is 1.87. The third-order valence-electron chi connectivity index (χ3n) is 3.02. The zero-order valence-corrected chi connectivity index (χ0v) is 11.7. The van der Waals surface area contributed by atoms with E-state index in [-0.39, 0.29) is 5.69 Å². The Hall–Kier alpha value is -2.33. The number of hydrogen-bond donors (Lipinski definition) is 1. The van der Waals surface area contributed by atoms with Gasteiger partial charge in [-0.05, 0) is 20.0 Å². The summed E-state index contributed by atoms with van der Waals surface area (Å²) in [7, 11) is 3.12. The SMILES string of the molecule is CNC(C)(C#N)CCOc1ccc([N+](=O)[O-])cc1OC. The molecule has 1 atom stereocenters. The first-order valence-corrected chi connectivity index (χ1v) is 6.01. The average Bonchev–Trinajstić information content (AvgIpc) is 2.47. The predicted molar refractivity (Wildman–Crippen MR) is 72.8 cm³/mol. The molecule has 0 heterocycles. The number of methoxy groups -OCH3 is 1. The van der Waals surface area contributed by atoms with E-state index in [1.165, 1.54) is 25.3 Å². The molecule has 0 fully saturated rings. The largest absolute Gasteiger partial charge is 0.493 e. The van der Waals surface area contributed by atoms with Crippen molar-refractivity contribution in [1.29, 1.82) is 5.26 Å². The van der Waals surface area contributed by atoms with Gasteiger partial charge in [-0.15, -0.1) is 0 Å². The van der Waals surface area contributed by atoms with E-state index < -0.39 is 10.5 Å². The number of non-ortho nitro benzene ring substituents is 1. The van der Waals surface area contributed by atoms with Crippen LogP contribution in [0.15, 0.2) is 18.2 Å². The van der Waals surface area contributed by atoms with Gasteiger partial charge in [0.05, 0.1) is 30.8 Å². The van der Waals surface area contributed by atoms with Crippen molar-refractivity contribution in [2.75, 3.05) is 20.8 Å². The Morgan fingerprint density at radius 3 is 2.70 bits per heavy atom. The molecular weight excluding hydrogens is 262 g/mol. The maximum Gasteiger partial charge on any atom is 0.273 e. The van der Waals surface area contributed by atoms with Crippen molar-refractivity contribution in [3.8, 4) is 17.6 Å². The number of nitriles is 1. The minimum absolute atomic E-state index is 0.0636. The number of hydrogen-bond acceptors (Lipinski definition) is 6. The summed E-state index contributed by atoms with van der Waals surface area (Å²) in [6.45, 7) is 2.06. The Morgan fingerprint density at radius 2 is 2.20 bits per heavy atom. The molecule has 0 aliphatic carbocycles. The summed E-state index contributed by atoms with van der Waals surface area (Å²) in [5, 5.41) is 22.6. The van der Waals surface area contributed by atoms with Gasteiger partial charge < -0.3 is 14.8 Å². The Bertz CT molecular complexity index is 527. The van der Waals surface area contributed by atoms with Gasteiger partial charge in [0.15, 0.2) is 11.5 Å². The van der Waals surface area contributed by atoms with Gasteiger partial charge in [0, 0.05) is 12.5 Å². The van der Waals surface area contributed by atoms with E-state index in [4.69, 9.17) is 14.7 Å². The molecule has 1 N–H and O–H groups in total. The molecule has 7 nitrogen and oxygen atoms in total. The third-order valence-corrected chi connectivity index (χ3v) is 3.02. The molecule has 1 aromatic carbocycles.